The fraction of sp³-hybridized carbons (Fsp3) is 0.882. The lowest BCUT2D eigenvalue weighted by atomic mass is 10.1. The summed E-state index contributed by atoms with van der Waals surface area (Å²) < 4.78 is 8.76. The molecule has 0 aliphatic carbocycles. The van der Waals surface area contributed by atoms with Gasteiger partial charge in [-0.2, -0.15) is 0 Å². The van der Waals surface area contributed by atoms with Gasteiger partial charge in [0.15, 0.2) is 8.32 Å². The van der Waals surface area contributed by atoms with Gasteiger partial charge in [-0.25, -0.2) is 0 Å². The highest BCUT2D eigenvalue weighted by Crippen LogP contribution is 2.38. The van der Waals surface area contributed by atoms with Crippen molar-refractivity contribution in [2.45, 2.75) is 77.7 Å². The third-order valence-corrected chi connectivity index (χ3v) is 10.0. The monoisotopic (exact) mass is 338 g/mol. The molecule has 6 heteroatoms. The van der Waals surface area contributed by atoms with Crippen LogP contribution in [0, 0.1) is 0 Å². The third-order valence-electron chi connectivity index (χ3n) is 5.47. The Morgan fingerprint density at radius 3 is 2.43 bits per heavy atom. The molecule has 2 rings (SSSR count). The normalized spacial score (nSPS) is 20.9. The molecule has 1 saturated heterocycles. The van der Waals surface area contributed by atoms with E-state index in [4.69, 9.17) is 4.43 Å². The van der Waals surface area contributed by atoms with Crippen LogP contribution < -0.4 is 0 Å². The van der Waals surface area contributed by atoms with Crippen molar-refractivity contribution in [1.82, 2.24) is 19.7 Å². The lowest BCUT2D eigenvalue weighted by molar-refractivity contribution is 0.0722. The number of aryl methyl sites for hydroxylation is 1. The highest BCUT2D eigenvalue weighted by molar-refractivity contribution is 6.74. The molecule has 1 fully saturated rings. The lowest BCUT2D eigenvalue weighted by Crippen LogP contribution is -2.49. The second kappa shape index (κ2) is 7.03. The molecule has 23 heavy (non-hydrogen) atoms. The van der Waals surface area contributed by atoms with Crippen LogP contribution in [0.5, 0.6) is 0 Å². The van der Waals surface area contributed by atoms with Crippen molar-refractivity contribution in [2.24, 2.45) is 7.05 Å². The summed E-state index contributed by atoms with van der Waals surface area (Å²) in [6, 6.07) is 0. The van der Waals surface area contributed by atoms with Crippen molar-refractivity contribution in [3.05, 3.63) is 11.6 Å². The predicted octanol–water partition coefficient (Wildman–Crippen LogP) is 3.36. The predicted molar refractivity (Wildman–Crippen MR) is 97.0 cm³/mol. The topological polar surface area (TPSA) is 43.2 Å². The highest BCUT2D eigenvalue weighted by atomic mass is 28.4. The number of aromatic nitrogens is 3. The van der Waals surface area contributed by atoms with Gasteiger partial charge in [-0.1, -0.05) is 27.7 Å². The van der Waals surface area contributed by atoms with Crippen molar-refractivity contribution in [1.29, 1.82) is 0 Å². The van der Waals surface area contributed by atoms with Crippen LogP contribution in [0.2, 0.25) is 18.1 Å². The Kier molecular flexibility index (Phi) is 5.69. The summed E-state index contributed by atoms with van der Waals surface area (Å²) in [5.74, 6) is 2.13. The first-order valence-electron chi connectivity index (χ1n) is 8.91. The zero-order chi connectivity index (χ0) is 17.3. The van der Waals surface area contributed by atoms with Crippen LogP contribution in [0.4, 0.5) is 0 Å². The van der Waals surface area contributed by atoms with E-state index in [1.54, 1.807) is 0 Å². The molecule has 5 nitrogen and oxygen atoms in total. The molecule has 0 aromatic carbocycles. The Labute approximate surface area is 142 Å². The van der Waals surface area contributed by atoms with Crippen LogP contribution in [-0.4, -0.2) is 47.2 Å². The zero-order valence-corrected chi connectivity index (χ0v) is 17.0. The van der Waals surface area contributed by atoms with Gasteiger partial charge in [0, 0.05) is 20.0 Å². The average molecular weight is 339 g/mol. The summed E-state index contributed by atoms with van der Waals surface area (Å²) in [4.78, 5) is 2.48. The van der Waals surface area contributed by atoms with Gasteiger partial charge in [-0.15, -0.1) is 10.2 Å². The number of nitrogens with zero attached hydrogens (tertiary/aromatic N) is 4. The van der Waals surface area contributed by atoms with Gasteiger partial charge < -0.3 is 8.99 Å². The first kappa shape index (κ1) is 18.6. The SMILES string of the molecule is CCc1nnc(CN2CCC[C@H](O[Si](C)(C)C(C)(C)C)C2)n1C. The van der Waals surface area contributed by atoms with Gasteiger partial charge in [-0.3, -0.25) is 4.90 Å². The minimum absolute atomic E-state index is 0.273. The molecule has 0 radical (unpaired) electrons. The molecule has 2 heterocycles. The average Bonchev–Trinajstić information content (AvgIpc) is 2.78. The molecule has 1 atom stereocenters. The van der Waals surface area contributed by atoms with Gasteiger partial charge in [0.1, 0.15) is 11.6 Å². The third kappa shape index (κ3) is 4.42. The molecular formula is C17H34N4OSi. The van der Waals surface area contributed by atoms with E-state index in [1.807, 2.05) is 0 Å². The zero-order valence-electron chi connectivity index (χ0n) is 16.0. The number of likely N-dealkylation sites (tertiary alicyclic amines) is 1. The number of hydrogen-bond donors (Lipinski definition) is 0. The van der Waals surface area contributed by atoms with Crippen molar-refractivity contribution < 1.29 is 4.43 Å². The molecule has 0 unspecified atom stereocenters. The maximum absolute atomic E-state index is 6.62. The van der Waals surface area contributed by atoms with Crippen LogP contribution in [0.25, 0.3) is 0 Å². The Morgan fingerprint density at radius 2 is 1.87 bits per heavy atom. The van der Waals surface area contributed by atoms with Gasteiger partial charge in [0.25, 0.3) is 0 Å². The quantitative estimate of drug-likeness (QED) is 0.772. The molecule has 0 bridgehead atoms. The minimum Gasteiger partial charge on any atom is -0.413 e. The number of hydrogen-bond acceptors (Lipinski definition) is 4. The van der Waals surface area contributed by atoms with Crippen molar-refractivity contribution in [3.8, 4) is 0 Å². The molecule has 132 valence electrons. The van der Waals surface area contributed by atoms with E-state index >= 15 is 0 Å². The fourth-order valence-electron chi connectivity index (χ4n) is 2.89. The molecule has 0 N–H and O–H groups in total. The van der Waals surface area contributed by atoms with Crippen LogP contribution in [0.1, 0.15) is 52.2 Å². The van der Waals surface area contributed by atoms with E-state index in [2.05, 4.69) is 67.5 Å². The molecule has 0 saturated carbocycles. The molecule has 1 aromatic heterocycles. The van der Waals surface area contributed by atoms with E-state index < -0.39 is 8.32 Å². The summed E-state index contributed by atoms with van der Waals surface area (Å²) >= 11 is 0. The Balaban J connectivity index is 1.97. The van der Waals surface area contributed by atoms with Gasteiger partial charge in [0.05, 0.1) is 12.6 Å². The smallest absolute Gasteiger partial charge is 0.192 e. The van der Waals surface area contributed by atoms with Gasteiger partial charge in [0.2, 0.25) is 0 Å². The van der Waals surface area contributed by atoms with E-state index in [0.29, 0.717) is 6.10 Å². The standard InChI is InChI=1S/C17H34N4OSi/c1-8-15-18-19-16(20(15)5)13-21-11-9-10-14(12-21)22-23(6,7)17(2,3)4/h14H,8-13H2,1-7H3/t14-/m0/s1. The fourth-order valence-corrected chi connectivity index (χ4v) is 4.27. The van der Waals surface area contributed by atoms with E-state index in [9.17, 15) is 0 Å². The maximum atomic E-state index is 6.62. The molecule has 0 amide bonds. The van der Waals surface area contributed by atoms with Crippen molar-refractivity contribution in [2.75, 3.05) is 13.1 Å². The number of rotatable bonds is 5. The second-order valence-corrected chi connectivity index (χ2v) is 13.1. The first-order valence-corrected chi connectivity index (χ1v) is 11.8. The Bertz CT molecular complexity index is 521. The Morgan fingerprint density at radius 1 is 1.22 bits per heavy atom. The van der Waals surface area contributed by atoms with Crippen LogP contribution >= 0.6 is 0 Å². The van der Waals surface area contributed by atoms with E-state index in [-0.39, 0.29) is 5.04 Å². The molecule has 0 spiro atoms. The maximum Gasteiger partial charge on any atom is 0.192 e. The van der Waals surface area contributed by atoms with Crippen molar-refractivity contribution >= 4 is 8.32 Å². The molecule has 1 aromatic rings. The summed E-state index contributed by atoms with van der Waals surface area (Å²) in [5.41, 5.74) is 0. The first-order chi connectivity index (χ1) is 10.6. The summed E-state index contributed by atoms with van der Waals surface area (Å²) in [5, 5.41) is 8.90. The summed E-state index contributed by atoms with van der Waals surface area (Å²) in [6.45, 7) is 16.8. The van der Waals surface area contributed by atoms with E-state index in [0.717, 1.165) is 37.7 Å². The van der Waals surface area contributed by atoms with Gasteiger partial charge in [-0.05, 0) is 37.5 Å². The van der Waals surface area contributed by atoms with Crippen LogP contribution in [0.3, 0.4) is 0 Å². The number of piperidine rings is 1. The lowest BCUT2D eigenvalue weighted by Gasteiger charge is -2.42. The van der Waals surface area contributed by atoms with Crippen LogP contribution in [0.15, 0.2) is 0 Å². The van der Waals surface area contributed by atoms with Gasteiger partial charge >= 0.3 is 0 Å². The van der Waals surface area contributed by atoms with Crippen molar-refractivity contribution in [3.63, 3.8) is 0 Å². The molecular weight excluding hydrogens is 304 g/mol. The summed E-state index contributed by atoms with van der Waals surface area (Å²) in [7, 11) is 0.385. The second-order valence-electron chi connectivity index (χ2n) is 8.32. The van der Waals surface area contributed by atoms with E-state index in [1.165, 1.54) is 12.8 Å². The largest absolute Gasteiger partial charge is 0.413 e. The minimum atomic E-state index is -1.69. The highest BCUT2D eigenvalue weighted by Gasteiger charge is 2.39. The summed E-state index contributed by atoms with van der Waals surface area (Å²) in [6.07, 6.45) is 3.68. The Hall–Kier alpha value is -0.723. The molecule has 1 aliphatic rings. The molecule has 1 aliphatic heterocycles. The van der Waals surface area contributed by atoms with Crippen LogP contribution in [-0.2, 0) is 24.4 Å².